The van der Waals surface area contributed by atoms with Gasteiger partial charge in [0, 0.05) is 37.3 Å². The summed E-state index contributed by atoms with van der Waals surface area (Å²) in [6.45, 7) is 3.52. The molecule has 2 atom stereocenters. The van der Waals surface area contributed by atoms with E-state index in [4.69, 9.17) is 9.47 Å². The first kappa shape index (κ1) is 23.4. The number of likely N-dealkylation sites (tertiary alicyclic amines) is 1. The first-order valence-corrected chi connectivity index (χ1v) is 13.3. The third-order valence-electron chi connectivity index (χ3n) is 6.90. The molecule has 1 amide bonds. The van der Waals surface area contributed by atoms with Crippen LogP contribution >= 0.6 is 11.8 Å². The van der Waals surface area contributed by atoms with Gasteiger partial charge in [-0.15, -0.1) is 11.8 Å². The quantitative estimate of drug-likeness (QED) is 0.524. The fourth-order valence-corrected chi connectivity index (χ4v) is 5.80. The van der Waals surface area contributed by atoms with Gasteiger partial charge in [0.15, 0.2) is 11.5 Å². The Labute approximate surface area is 213 Å². The van der Waals surface area contributed by atoms with Crippen molar-refractivity contribution in [3.8, 4) is 11.5 Å². The molecule has 0 radical (unpaired) electrons. The van der Waals surface area contributed by atoms with Crippen molar-refractivity contribution in [2.75, 3.05) is 43.9 Å². The number of nitrogens with zero attached hydrogens (tertiary/aromatic N) is 3. The number of hydrogen-bond donors (Lipinski definition) is 2. The third-order valence-corrected chi connectivity index (χ3v) is 7.95. The number of nitrogens with one attached hydrogen (secondary N) is 2. The summed E-state index contributed by atoms with van der Waals surface area (Å²) in [6.07, 6.45) is 2.36. The van der Waals surface area contributed by atoms with Gasteiger partial charge in [-0.1, -0.05) is 0 Å². The first-order valence-electron chi connectivity index (χ1n) is 12.3. The summed E-state index contributed by atoms with van der Waals surface area (Å²) in [5.41, 5.74) is 2.82. The highest BCUT2D eigenvalue weighted by atomic mass is 32.2. The van der Waals surface area contributed by atoms with Crippen LogP contribution in [-0.4, -0.2) is 71.6 Å². The number of anilines is 1. The van der Waals surface area contributed by atoms with E-state index in [1.807, 2.05) is 36.5 Å². The van der Waals surface area contributed by atoms with Gasteiger partial charge in [-0.3, -0.25) is 14.7 Å². The molecule has 3 aliphatic rings. The third kappa shape index (κ3) is 4.85. The van der Waals surface area contributed by atoms with Gasteiger partial charge in [-0.05, 0) is 55.3 Å². The summed E-state index contributed by atoms with van der Waals surface area (Å²) in [6, 6.07) is 9.58. The number of carbonyl (C=O) groups excluding carboxylic acids is 1. The maximum atomic E-state index is 15.1. The summed E-state index contributed by atoms with van der Waals surface area (Å²) in [4.78, 5) is 23.8. The minimum Gasteiger partial charge on any atom is -0.486 e. The number of alkyl halides is 1. The number of halogens is 1. The van der Waals surface area contributed by atoms with E-state index in [-0.39, 0.29) is 11.9 Å². The lowest BCUT2D eigenvalue weighted by atomic mass is 10.0. The Bertz CT molecular complexity index is 1290. The van der Waals surface area contributed by atoms with Crippen molar-refractivity contribution in [1.82, 2.24) is 20.2 Å². The van der Waals surface area contributed by atoms with Gasteiger partial charge < -0.3 is 20.1 Å². The van der Waals surface area contributed by atoms with Crippen molar-refractivity contribution in [2.24, 2.45) is 0 Å². The highest BCUT2D eigenvalue weighted by molar-refractivity contribution is 8.00. The predicted molar refractivity (Wildman–Crippen MR) is 137 cm³/mol. The second kappa shape index (κ2) is 10.2. The number of rotatable bonds is 6. The zero-order valence-corrected chi connectivity index (χ0v) is 20.7. The van der Waals surface area contributed by atoms with Crippen molar-refractivity contribution in [1.29, 1.82) is 0 Å². The summed E-state index contributed by atoms with van der Waals surface area (Å²) in [5.74, 6) is 2.50. The van der Waals surface area contributed by atoms with Gasteiger partial charge in [-0.25, -0.2) is 9.37 Å². The summed E-state index contributed by atoms with van der Waals surface area (Å²) in [5, 5.41) is 7.14. The average Bonchev–Trinajstić information content (AvgIpc) is 2.91. The number of amides is 1. The zero-order valence-electron chi connectivity index (χ0n) is 19.8. The van der Waals surface area contributed by atoms with Gasteiger partial charge in [0.2, 0.25) is 5.91 Å². The maximum absolute atomic E-state index is 15.1. The van der Waals surface area contributed by atoms with E-state index in [9.17, 15) is 4.79 Å². The number of carbonyl (C=O) groups is 1. The highest BCUT2D eigenvalue weighted by Gasteiger charge is 2.29. The minimum absolute atomic E-state index is 0.0400. The molecule has 2 N–H and O–H groups in total. The van der Waals surface area contributed by atoms with Gasteiger partial charge in [0.05, 0.1) is 21.9 Å². The maximum Gasteiger partial charge on any atom is 0.235 e. The molecule has 1 fully saturated rings. The average molecular weight is 510 g/mol. The molecule has 3 aliphatic heterocycles. The van der Waals surface area contributed by atoms with Crippen LogP contribution in [0.25, 0.3) is 10.9 Å². The molecule has 10 heteroatoms. The zero-order chi connectivity index (χ0) is 24.5. The number of hydrogen-bond acceptors (Lipinski definition) is 8. The monoisotopic (exact) mass is 509 g/mol. The number of piperidine rings is 1. The van der Waals surface area contributed by atoms with Crippen molar-refractivity contribution in [2.45, 2.75) is 36.5 Å². The van der Waals surface area contributed by atoms with Crippen LogP contribution in [0.4, 0.5) is 10.2 Å². The molecule has 36 heavy (non-hydrogen) atoms. The van der Waals surface area contributed by atoms with Crippen molar-refractivity contribution < 1.29 is 18.7 Å². The molecule has 0 unspecified atom stereocenters. The number of thioether (sulfide) groups is 1. The van der Waals surface area contributed by atoms with Crippen LogP contribution in [0.2, 0.25) is 0 Å². The van der Waals surface area contributed by atoms with E-state index < -0.39 is 6.17 Å². The van der Waals surface area contributed by atoms with E-state index in [1.54, 1.807) is 0 Å². The molecule has 3 aromatic rings. The predicted octanol–water partition coefficient (Wildman–Crippen LogP) is 3.19. The van der Waals surface area contributed by atoms with Crippen LogP contribution in [0, 0.1) is 0 Å². The Balaban J connectivity index is 1.05. The van der Waals surface area contributed by atoms with Crippen molar-refractivity contribution in [3.05, 3.63) is 47.8 Å². The molecule has 2 aromatic heterocycles. The molecule has 1 saturated heterocycles. The Morgan fingerprint density at radius 1 is 1.19 bits per heavy atom. The molecule has 0 aliphatic carbocycles. The topological polar surface area (TPSA) is 88.6 Å². The molecular formula is C26H28FN5O3S. The smallest absolute Gasteiger partial charge is 0.235 e. The molecule has 0 spiro atoms. The van der Waals surface area contributed by atoms with Crippen LogP contribution in [-0.2, 0) is 17.8 Å². The normalized spacial score (nSPS) is 21.8. The largest absolute Gasteiger partial charge is 0.486 e. The molecule has 8 nitrogen and oxygen atoms in total. The van der Waals surface area contributed by atoms with Crippen LogP contribution in [0.1, 0.15) is 17.7 Å². The molecule has 0 bridgehead atoms. The van der Waals surface area contributed by atoms with Gasteiger partial charge in [-0.2, -0.15) is 0 Å². The van der Waals surface area contributed by atoms with Crippen LogP contribution in [0.3, 0.4) is 0 Å². The van der Waals surface area contributed by atoms with Gasteiger partial charge in [0.1, 0.15) is 25.2 Å². The Hall–Kier alpha value is -2.95. The number of aromatic nitrogens is 2. The highest BCUT2D eigenvalue weighted by Crippen LogP contribution is 2.39. The standard InChI is InChI=1S/C26H28FN5O3S/c27-18-14-32(9-6-16-5-8-28-20-2-3-21-25(24(16)20)35-12-11-34-21)10-7-19(18)29-13-17-1-4-22-26(30-17)31-23(33)15-36-22/h1-5,8,18-19,29H,6-7,9-15H2,(H,30,31,33)/t18-,19-/m0/s1. The lowest BCUT2D eigenvalue weighted by Crippen LogP contribution is -2.51. The molecule has 5 heterocycles. The number of fused-ring (bicyclic) bond motifs is 4. The van der Waals surface area contributed by atoms with Crippen LogP contribution in [0.5, 0.6) is 11.5 Å². The van der Waals surface area contributed by atoms with Crippen molar-refractivity contribution in [3.63, 3.8) is 0 Å². The van der Waals surface area contributed by atoms with E-state index in [0.29, 0.717) is 37.9 Å². The summed E-state index contributed by atoms with van der Waals surface area (Å²) in [7, 11) is 0. The van der Waals surface area contributed by atoms with Crippen LogP contribution in [0.15, 0.2) is 41.4 Å². The second-order valence-electron chi connectivity index (χ2n) is 9.28. The summed E-state index contributed by atoms with van der Waals surface area (Å²) >= 11 is 1.49. The Morgan fingerprint density at radius 3 is 3.03 bits per heavy atom. The summed E-state index contributed by atoms with van der Waals surface area (Å²) < 4.78 is 26.8. The van der Waals surface area contributed by atoms with E-state index in [0.717, 1.165) is 64.5 Å². The van der Waals surface area contributed by atoms with Crippen LogP contribution < -0.4 is 20.1 Å². The minimum atomic E-state index is -0.967. The van der Waals surface area contributed by atoms with E-state index >= 15 is 4.39 Å². The molecule has 0 saturated carbocycles. The molecule has 188 valence electrons. The molecule has 1 aromatic carbocycles. The second-order valence-corrected chi connectivity index (χ2v) is 10.3. The Kier molecular flexibility index (Phi) is 6.64. The lowest BCUT2D eigenvalue weighted by molar-refractivity contribution is -0.113. The number of ether oxygens (including phenoxy) is 2. The fourth-order valence-electron chi connectivity index (χ4n) is 5.04. The SMILES string of the molecule is O=C1CSc2ccc(CN[C@H]3CCN(CCc4ccnc5ccc6c(c45)OCCO6)C[C@@H]3F)nc2N1. The fraction of sp³-hybridized carbons (Fsp3) is 0.423. The first-order chi connectivity index (χ1) is 17.6. The molecule has 6 rings (SSSR count). The molecular weight excluding hydrogens is 481 g/mol. The van der Waals surface area contributed by atoms with Crippen molar-refractivity contribution >= 4 is 34.4 Å². The Morgan fingerprint density at radius 2 is 2.11 bits per heavy atom. The van der Waals surface area contributed by atoms with E-state index in [2.05, 4.69) is 25.5 Å². The number of pyridine rings is 2. The van der Waals surface area contributed by atoms with E-state index in [1.165, 1.54) is 11.8 Å². The van der Waals surface area contributed by atoms with Gasteiger partial charge >= 0.3 is 0 Å². The van der Waals surface area contributed by atoms with Gasteiger partial charge in [0.25, 0.3) is 0 Å². The lowest BCUT2D eigenvalue weighted by Gasteiger charge is -2.35. The number of benzene rings is 1.